The standard InChI is InChI=1S/C16H12N2O8/c1-2-26-12(21)6-18-15(24)9-3-7-8(4-10(9)16(18)25)14(23)17(13(7)22)5-11(19)20/h3-4H,2,5-6H2,1H3,(H,19,20). The highest BCUT2D eigenvalue weighted by molar-refractivity contribution is 5.98. The number of hydrogen-bond acceptors (Lipinski definition) is 7. The van der Waals surface area contributed by atoms with E-state index in [1.54, 1.807) is 6.92 Å². The quantitative estimate of drug-likeness (QED) is 0.545. The number of carbonyl (C=O) groups is 2. The highest BCUT2D eigenvalue weighted by Gasteiger charge is 2.21. The van der Waals surface area contributed by atoms with Crippen molar-refractivity contribution in [2.24, 2.45) is 0 Å². The molecule has 2 heterocycles. The average molecular weight is 360 g/mol. The summed E-state index contributed by atoms with van der Waals surface area (Å²) in [6.07, 6.45) is 0. The number of carbonyl (C=O) groups excluding carboxylic acids is 1. The summed E-state index contributed by atoms with van der Waals surface area (Å²) in [5, 5.41) is 8.22. The monoisotopic (exact) mass is 360 g/mol. The Labute approximate surface area is 143 Å². The van der Waals surface area contributed by atoms with Crippen molar-refractivity contribution in [2.45, 2.75) is 20.0 Å². The van der Waals surface area contributed by atoms with E-state index in [0.717, 1.165) is 12.1 Å². The number of rotatable bonds is 5. The predicted molar refractivity (Wildman–Crippen MR) is 89.2 cm³/mol. The zero-order valence-corrected chi connectivity index (χ0v) is 13.5. The van der Waals surface area contributed by atoms with E-state index in [4.69, 9.17) is 9.84 Å². The van der Waals surface area contributed by atoms with E-state index in [9.17, 15) is 28.8 Å². The van der Waals surface area contributed by atoms with Crippen molar-refractivity contribution in [3.63, 3.8) is 0 Å². The van der Waals surface area contributed by atoms with Crippen LogP contribution in [0.1, 0.15) is 6.92 Å². The second kappa shape index (κ2) is 6.06. The van der Waals surface area contributed by atoms with Gasteiger partial charge in [0.2, 0.25) is 0 Å². The largest absolute Gasteiger partial charge is 0.480 e. The molecule has 0 aliphatic rings. The Kier molecular flexibility index (Phi) is 4.03. The van der Waals surface area contributed by atoms with Crippen molar-refractivity contribution in [2.75, 3.05) is 6.61 Å². The topological polar surface area (TPSA) is 142 Å². The first kappa shape index (κ1) is 17.3. The molecule has 2 aromatic heterocycles. The Morgan fingerprint density at radius 2 is 1.23 bits per heavy atom. The van der Waals surface area contributed by atoms with E-state index in [1.807, 2.05) is 0 Å². The number of nitrogens with zero attached hydrogens (tertiary/aromatic N) is 2. The van der Waals surface area contributed by atoms with Gasteiger partial charge in [-0.3, -0.25) is 37.9 Å². The molecule has 134 valence electrons. The molecule has 0 radical (unpaired) electrons. The van der Waals surface area contributed by atoms with Gasteiger partial charge in [0, 0.05) is 0 Å². The van der Waals surface area contributed by atoms with Crippen LogP contribution in [0.2, 0.25) is 0 Å². The van der Waals surface area contributed by atoms with Gasteiger partial charge in [-0.25, -0.2) is 0 Å². The predicted octanol–water partition coefficient (Wildman–Crippen LogP) is -1.44. The summed E-state index contributed by atoms with van der Waals surface area (Å²) in [5.74, 6) is -2.14. The minimum Gasteiger partial charge on any atom is -0.480 e. The van der Waals surface area contributed by atoms with Gasteiger partial charge in [-0.05, 0) is 19.1 Å². The molecule has 0 amide bonds. The van der Waals surface area contributed by atoms with Crippen LogP contribution in [0, 0.1) is 0 Å². The molecule has 0 unspecified atom stereocenters. The van der Waals surface area contributed by atoms with Crippen LogP contribution in [-0.4, -0.2) is 32.8 Å². The molecular formula is C16H12N2O8. The zero-order valence-electron chi connectivity index (χ0n) is 13.5. The Hall–Kier alpha value is -3.56. The lowest BCUT2D eigenvalue weighted by Crippen LogP contribution is -2.30. The van der Waals surface area contributed by atoms with Crippen molar-refractivity contribution in [1.29, 1.82) is 0 Å². The van der Waals surface area contributed by atoms with Crippen molar-refractivity contribution in [3.8, 4) is 0 Å². The fourth-order valence-electron chi connectivity index (χ4n) is 2.83. The minimum atomic E-state index is -1.38. The highest BCUT2D eigenvalue weighted by Crippen LogP contribution is 2.14. The molecule has 1 N–H and O–H groups in total. The molecule has 0 bridgehead atoms. The number of fused-ring (bicyclic) bond motifs is 2. The van der Waals surface area contributed by atoms with Gasteiger partial charge in [0.1, 0.15) is 13.1 Å². The summed E-state index contributed by atoms with van der Waals surface area (Å²) in [4.78, 5) is 71.6. The van der Waals surface area contributed by atoms with Crippen molar-refractivity contribution < 1.29 is 19.4 Å². The van der Waals surface area contributed by atoms with Crippen LogP contribution >= 0.6 is 0 Å². The summed E-state index contributed by atoms with van der Waals surface area (Å²) in [7, 11) is 0. The first-order chi connectivity index (χ1) is 12.3. The van der Waals surface area contributed by atoms with Gasteiger partial charge in [0.15, 0.2) is 0 Å². The lowest BCUT2D eigenvalue weighted by atomic mass is 10.1. The molecule has 0 atom stereocenters. The lowest BCUT2D eigenvalue weighted by Gasteiger charge is -2.00. The number of ether oxygens (including phenoxy) is 1. The van der Waals surface area contributed by atoms with Crippen LogP contribution in [-0.2, 0) is 27.4 Å². The van der Waals surface area contributed by atoms with E-state index in [2.05, 4.69) is 0 Å². The van der Waals surface area contributed by atoms with Crippen LogP contribution in [0.5, 0.6) is 0 Å². The van der Waals surface area contributed by atoms with Crippen LogP contribution in [0.4, 0.5) is 0 Å². The molecule has 10 nitrogen and oxygen atoms in total. The van der Waals surface area contributed by atoms with Crippen LogP contribution in [0.3, 0.4) is 0 Å². The fourth-order valence-corrected chi connectivity index (χ4v) is 2.83. The van der Waals surface area contributed by atoms with Crippen molar-refractivity contribution in [3.05, 3.63) is 53.5 Å². The van der Waals surface area contributed by atoms with Crippen molar-refractivity contribution >= 4 is 33.5 Å². The van der Waals surface area contributed by atoms with Gasteiger partial charge in [-0.1, -0.05) is 0 Å². The second-order valence-corrected chi connectivity index (χ2v) is 5.54. The maximum absolute atomic E-state index is 12.4. The van der Waals surface area contributed by atoms with Gasteiger partial charge in [-0.15, -0.1) is 0 Å². The summed E-state index contributed by atoms with van der Waals surface area (Å²) < 4.78 is 5.90. The first-order valence-corrected chi connectivity index (χ1v) is 7.54. The van der Waals surface area contributed by atoms with Crippen LogP contribution in [0.15, 0.2) is 31.3 Å². The number of carboxylic acids is 1. The Balaban J connectivity index is 2.29. The molecule has 26 heavy (non-hydrogen) atoms. The number of benzene rings is 1. The highest BCUT2D eigenvalue weighted by atomic mass is 16.5. The molecule has 0 aliphatic carbocycles. The lowest BCUT2D eigenvalue weighted by molar-refractivity contribution is -0.144. The number of esters is 1. The normalized spacial score (nSPS) is 11.3. The van der Waals surface area contributed by atoms with Gasteiger partial charge >= 0.3 is 11.9 Å². The number of hydrogen-bond donors (Lipinski definition) is 1. The first-order valence-electron chi connectivity index (χ1n) is 7.54. The summed E-state index contributed by atoms with van der Waals surface area (Å²) in [6.45, 7) is 0.245. The Morgan fingerprint density at radius 3 is 1.58 bits per heavy atom. The molecule has 10 heteroatoms. The molecule has 1 aromatic carbocycles. The molecule has 0 fully saturated rings. The second-order valence-electron chi connectivity index (χ2n) is 5.54. The summed E-state index contributed by atoms with van der Waals surface area (Å²) in [6, 6.07) is 2.16. The van der Waals surface area contributed by atoms with Crippen molar-refractivity contribution in [1.82, 2.24) is 9.13 Å². The molecule has 0 aliphatic heterocycles. The van der Waals surface area contributed by atoms with Gasteiger partial charge < -0.3 is 9.84 Å². The van der Waals surface area contributed by atoms with E-state index >= 15 is 0 Å². The van der Waals surface area contributed by atoms with E-state index in [-0.39, 0.29) is 28.2 Å². The minimum absolute atomic E-state index is 0.0821. The smallest absolute Gasteiger partial charge is 0.326 e. The third-order valence-corrected chi connectivity index (χ3v) is 3.95. The summed E-state index contributed by atoms with van der Waals surface area (Å²) in [5.41, 5.74) is -3.31. The SMILES string of the molecule is CCOC(=O)Cn1c(=O)c2cc3c(=O)n(CC(=O)O)c(=O)c3cc2c1=O. The Bertz CT molecular complexity index is 1190. The molecule has 3 rings (SSSR count). The van der Waals surface area contributed by atoms with Gasteiger partial charge in [0.05, 0.1) is 28.2 Å². The number of carboxylic acid groups (broad SMARTS) is 1. The maximum atomic E-state index is 12.4. The molecule has 3 aromatic rings. The van der Waals surface area contributed by atoms with Gasteiger partial charge in [0.25, 0.3) is 22.2 Å². The third-order valence-electron chi connectivity index (χ3n) is 3.95. The average Bonchev–Trinajstić information content (AvgIpc) is 2.94. The van der Waals surface area contributed by atoms with E-state index in [0.29, 0.717) is 9.13 Å². The molecular weight excluding hydrogens is 348 g/mol. The van der Waals surface area contributed by atoms with E-state index in [1.165, 1.54) is 0 Å². The fraction of sp³-hybridized carbons (Fsp3) is 0.250. The summed E-state index contributed by atoms with van der Waals surface area (Å²) >= 11 is 0. The van der Waals surface area contributed by atoms with Crippen LogP contribution < -0.4 is 22.2 Å². The van der Waals surface area contributed by atoms with Crippen LogP contribution in [0.25, 0.3) is 21.5 Å². The Morgan fingerprint density at radius 1 is 0.846 bits per heavy atom. The third kappa shape index (κ3) is 2.51. The maximum Gasteiger partial charge on any atom is 0.326 e. The molecule has 0 saturated heterocycles. The number of aromatic nitrogens is 2. The molecule has 0 saturated carbocycles. The molecule has 0 spiro atoms. The van der Waals surface area contributed by atoms with E-state index < -0.39 is 47.3 Å². The number of aliphatic carboxylic acids is 1. The zero-order chi connectivity index (χ0) is 19.2. The van der Waals surface area contributed by atoms with Gasteiger partial charge in [-0.2, -0.15) is 0 Å².